The zero-order valence-corrected chi connectivity index (χ0v) is 12.4. The first-order valence-electron chi connectivity index (χ1n) is 5.81. The van der Waals surface area contributed by atoms with Crippen molar-refractivity contribution >= 4 is 39.1 Å². The van der Waals surface area contributed by atoms with Crippen LogP contribution in [-0.4, -0.2) is 53.2 Å². The Labute approximate surface area is 123 Å². The van der Waals surface area contributed by atoms with Gasteiger partial charge in [-0.1, -0.05) is 6.92 Å². The molecule has 1 aromatic rings. The van der Waals surface area contributed by atoms with Crippen LogP contribution in [0, 0.1) is 0 Å². The molecule has 1 atom stereocenters. The molecule has 9 nitrogen and oxygen atoms in total. The maximum atomic E-state index is 12.5. The van der Waals surface area contributed by atoms with Crippen molar-refractivity contribution in [1.82, 2.24) is 14.6 Å². The van der Waals surface area contributed by atoms with Crippen molar-refractivity contribution in [2.75, 3.05) is 6.54 Å². The Morgan fingerprint density at radius 1 is 1.57 bits per heavy atom. The number of carbonyl (C=O) groups excluding carboxylic acids is 2. The fourth-order valence-corrected chi connectivity index (χ4v) is 4.82. The van der Waals surface area contributed by atoms with Gasteiger partial charge >= 0.3 is 5.97 Å². The minimum atomic E-state index is -4.29. The lowest BCUT2D eigenvalue weighted by Crippen LogP contribution is -2.59. The van der Waals surface area contributed by atoms with Crippen molar-refractivity contribution < 1.29 is 27.9 Å². The first-order chi connectivity index (χ1) is 9.78. The number of carboxylic acid groups (broad SMARTS) is 1. The summed E-state index contributed by atoms with van der Waals surface area (Å²) in [6.45, 7) is 1.05. The number of carboxylic acids is 1. The lowest BCUT2D eigenvalue weighted by molar-refractivity contribution is -0.137. The number of thiazole rings is 1. The normalized spacial score (nSPS) is 20.3. The van der Waals surface area contributed by atoms with Gasteiger partial charge < -0.3 is 5.11 Å². The predicted octanol–water partition coefficient (Wildman–Crippen LogP) is -0.733. The van der Waals surface area contributed by atoms with Gasteiger partial charge in [0.1, 0.15) is 6.04 Å². The number of carbonyl (C=O) groups is 3. The van der Waals surface area contributed by atoms with Gasteiger partial charge in [-0.3, -0.25) is 14.9 Å². The Balaban J connectivity index is 2.51. The highest BCUT2D eigenvalue weighted by Crippen LogP contribution is 2.27. The van der Waals surface area contributed by atoms with E-state index in [1.165, 1.54) is 0 Å². The van der Waals surface area contributed by atoms with E-state index in [2.05, 4.69) is 10.3 Å². The van der Waals surface area contributed by atoms with Crippen molar-refractivity contribution in [3.63, 3.8) is 0 Å². The number of amides is 2. The molecule has 0 aliphatic carbocycles. The van der Waals surface area contributed by atoms with E-state index in [1.807, 2.05) is 0 Å². The van der Waals surface area contributed by atoms with Gasteiger partial charge in [-0.25, -0.2) is 18.2 Å². The van der Waals surface area contributed by atoms with Gasteiger partial charge in [-0.2, -0.15) is 4.31 Å². The van der Waals surface area contributed by atoms with Gasteiger partial charge in [0.25, 0.3) is 10.0 Å². The highest BCUT2D eigenvalue weighted by Gasteiger charge is 2.42. The van der Waals surface area contributed by atoms with Crippen molar-refractivity contribution in [2.24, 2.45) is 0 Å². The van der Waals surface area contributed by atoms with E-state index in [1.54, 1.807) is 6.92 Å². The number of hydrogen-bond acceptors (Lipinski definition) is 7. The molecule has 114 valence electrons. The van der Waals surface area contributed by atoms with E-state index in [0.29, 0.717) is 15.6 Å². The summed E-state index contributed by atoms with van der Waals surface area (Å²) in [7, 11) is -4.29. The highest BCUT2D eigenvalue weighted by atomic mass is 32.2. The number of nitrogens with one attached hydrogen (secondary N) is 1. The van der Waals surface area contributed by atoms with Gasteiger partial charge in [-0.05, 0) is 6.42 Å². The summed E-state index contributed by atoms with van der Waals surface area (Å²) in [6, 6.07) is -1.06. The van der Waals surface area contributed by atoms with Crippen LogP contribution in [0.4, 0.5) is 0 Å². The van der Waals surface area contributed by atoms with Crippen LogP contribution in [0.25, 0.3) is 0 Å². The molecule has 2 N–H and O–H groups in total. The second-order valence-electron chi connectivity index (χ2n) is 4.18. The second-order valence-corrected chi connectivity index (χ2v) is 7.12. The lowest BCUT2D eigenvalue weighted by atomic mass is 10.2. The molecule has 1 aliphatic heterocycles. The number of rotatable bonds is 4. The minimum Gasteiger partial charge on any atom is -0.476 e. The molecule has 11 heteroatoms. The van der Waals surface area contributed by atoms with Crippen LogP contribution in [0.1, 0.15) is 23.8 Å². The average Bonchev–Trinajstić information content (AvgIpc) is 2.87. The number of piperazine rings is 1. The van der Waals surface area contributed by atoms with Gasteiger partial charge in [0.15, 0.2) is 9.90 Å². The number of hydrogen-bond donors (Lipinski definition) is 2. The molecule has 0 saturated carbocycles. The standard InChI is InChI=1S/C10H11N3O6S2/c1-2-5-8(15)12-6(14)3-13(5)21(18,19)10-7(9(16)17)11-4-20-10/h4-5H,2-3H2,1H3,(H,16,17)(H,12,14,15). The van der Waals surface area contributed by atoms with E-state index < -0.39 is 50.3 Å². The Kier molecular flexibility index (Phi) is 4.07. The van der Waals surface area contributed by atoms with Crippen LogP contribution in [-0.2, 0) is 19.6 Å². The SMILES string of the molecule is CCC1C(=O)NC(=O)CN1S(=O)(=O)c1scnc1C(=O)O. The fraction of sp³-hybridized carbons (Fsp3) is 0.400. The van der Waals surface area contributed by atoms with Gasteiger partial charge in [-0.15, -0.1) is 11.3 Å². The molecular weight excluding hydrogens is 322 g/mol. The van der Waals surface area contributed by atoms with Crippen LogP contribution in [0.3, 0.4) is 0 Å². The molecule has 1 fully saturated rings. The van der Waals surface area contributed by atoms with Crippen molar-refractivity contribution in [3.05, 3.63) is 11.2 Å². The van der Waals surface area contributed by atoms with E-state index >= 15 is 0 Å². The summed E-state index contributed by atoms with van der Waals surface area (Å²) in [5.74, 6) is -2.97. The molecule has 1 aromatic heterocycles. The molecule has 0 bridgehead atoms. The molecule has 0 spiro atoms. The third-order valence-electron chi connectivity index (χ3n) is 2.88. The summed E-state index contributed by atoms with van der Waals surface area (Å²) in [5.41, 5.74) is 0.469. The highest BCUT2D eigenvalue weighted by molar-refractivity contribution is 7.91. The Hall–Kier alpha value is -1.85. The quantitative estimate of drug-likeness (QED) is 0.694. The summed E-state index contributed by atoms with van der Waals surface area (Å²) in [6.07, 6.45) is 0.152. The number of sulfonamides is 1. The molecule has 0 aromatic carbocycles. The van der Waals surface area contributed by atoms with E-state index in [4.69, 9.17) is 5.11 Å². The van der Waals surface area contributed by atoms with E-state index in [-0.39, 0.29) is 6.42 Å². The Bertz CT molecular complexity index is 710. The molecule has 1 unspecified atom stereocenters. The lowest BCUT2D eigenvalue weighted by Gasteiger charge is -2.31. The Morgan fingerprint density at radius 3 is 2.81 bits per heavy atom. The zero-order chi connectivity index (χ0) is 15.8. The Morgan fingerprint density at radius 2 is 2.24 bits per heavy atom. The van der Waals surface area contributed by atoms with Gasteiger partial charge in [0, 0.05) is 0 Å². The third kappa shape index (κ3) is 2.66. The van der Waals surface area contributed by atoms with Crippen LogP contribution >= 0.6 is 11.3 Å². The van der Waals surface area contributed by atoms with Gasteiger partial charge in [0.05, 0.1) is 12.1 Å². The minimum absolute atomic E-state index is 0.152. The number of imide groups is 1. The molecule has 1 saturated heterocycles. The summed E-state index contributed by atoms with van der Waals surface area (Å²) in [5, 5.41) is 11.0. The number of aromatic nitrogens is 1. The van der Waals surface area contributed by atoms with Crippen molar-refractivity contribution in [2.45, 2.75) is 23.6 Å². The molecule has 2 rings (SSSR count). The second kappa shape index (κ2) is 5.50. The zero-order valence-electron chi connectivity index (χ0n) is 10.8. The van der Waals surface area contributed by atoms with Crippen LogP contribution in [0.2, 0.25) is 0 Å². The molecule has 0 radical (unpaired) electrons. The number of aromatic carboxylic acids is 1. The topological polar surface area (TPSA) is 134 Å². The van der Waals surface area contributed by atoms with E-state index in [0.717, 1.165) is 5.51 Å². The van der Waals surface area contributed by atoms with Crippen LogP contribution in [0.5, 0.6) is 0 Å². The number of nitrogens with zero attached hydrogens (tertiary/aromatic N) is 2. The first-order valence-corrected chi connectivity index (χ1v) is 8.13. The first kappa shape index (κ1) is 15.5. The molecule has 21 heavy (non-hydrogen) atoms. The van der Waals surface area contributed by atoms with Crippen LogP contribution < -0.4 is 5.32 Å². The molecular formula is C10H11N3O6S2. The fourth-order valence-electron chi connectivity index (χ4n) is 1.95. The maximum absolute atomic E-state index is 12.5. The smallest absolute Gasteiger partial charge is 0.356 e. The molecule has 1 aliphatic rings. The van der Waals surface area contributed by atoms with Crippen molar-refractivity contribution in [3.8, 4) is 0 Å². The summed E-state index contributed by atoms with van der Waals surface area (Å²) < 4.78 is 25.3. The molecule has 2 amide bonds. The van der Waals surface area contributed by atoms with E-state index in [9.17, 15) is 22.8 Å². The third-order valence-corrected chi connectivity index (χ3v) is 6.08. The largest absolute Gasteiger partial charge is 0.476 e. The average molecular weight is 333 g/mol. The summed E-state index contributed by atoms with van der Waals surface area (Å²) >= 11 is 0.629. The maximum Gasteiger partial charge on any atom is 0.356 e. The molecule has 2 heterocycles. The monoisotopic (exact) mass is 333 g/mol. The predicted molar refractivity (Wildman–Crippen MR) is 70.2 cm³/mol. The summed E-state index contributed by atoms with van der Waals surface area (Å²) in [4.78, 5) is 37.6. The van der Waals surface area contributed by atoms with Gasteiger partial charge in [0.2, 0.25) is 11.8 Å². The van der Waals surface area contributed by atoms with Crippen LogP contribution in [0.15, 0.2) is 9.72 Å². The van der Waals surface area contributed by atoms with Crippen molar-refractivity contribution in [1.29, 1.82) is 0 Å².